The predicted molar refractivity (Wildman–Crippen MR) is 120 cm³/mol. The zero-order chi connectivity index (χ0) is 21.9. The van der Waals surface area contributed by atoms with Crippen LogP contribution < -0.4 is 4.74 Å². The third-order valence-corrected chi connectivity index (χ3v) is 7.62. The SMILES string of the molecule is CC(CSC(=O)c1ccccc1)C(=O)O[C@H]1c2cc(C#N)ccc2OC(C)(C)[C@@H]1Br. The molecule has 0 aliphatic carbocycles. The summed E-state index contributed by atoms with van der Waals surface area (Å²) in [5.41, 5.74) is 1.11. The Morgan fingerprint density at radius 1 is 1.27 bits per heavy atom. The summed E-state index contributed by atoms with van der Waals surface area (Å²) >= 11 is 4.72. The van der Waals surface area contributed by atoms with Crippen molar-refractivity contribution in [1.29, 1.82) is 5.26 Å². The van der Waals surface area contributed by atoms with Crippen LogP contribution in [0, 0.1) is 17.2 Å². The summed E-state index contributed by atoms with van der Waals surface area (Å²) in [5, 5.41) is 9.16. The molecule has 0 fully saturated rings. The number of carbonyl (C=O) groups excluding carboxylic acids is 2. The van der Waals surface area contributed by atoms with Crippen LogP contribution in [0.3, 0.4) is 0 Å². The maximum atomic E-state index is 12.8. The van der Waals surface area contributed by atoms with E-state index in [4.69, 9.17) is 9.47 Å². The van der Waals surface area contributed by atoms with Gasteiger partial charge in [-0.1, -0.05) is 64.9 Å². The number of nitrogens with zero attached hydrogens (tertiary/aromatic N) is 1. The number of thioether (sulfide) groups is 1. The van der Waals surface area contributed by atoms with Crippen molar-refractivity contribution in [1.82, 2.24) is 0 Å². The standard InChI is InChI=1S/C23H22BrNO4S/c1-14(13-30-22(27)16-7-5-4-6-8-16)21(26)28-19-17-11-15(12-25)9-10-18(17)29-23(2,3)20(19)24/h4-11,14,19-20H,13H2,1-3H3/t14?,19-,20+/m0/s1. The zero-order valence-corrected chi connectivity index (χ0v) is 19.3. The van der Waals surface area contributed by atoms with Gasteiger partial charge < -0.3 is 9.47 Å². The Labute approximate surface area is 188 Å². The molecular formula is C23H22BrNO4S. The summed E-state index contributed by atoms with van der Waals surface area (Å²) in [4.78, 5) is 24.8. The molecule has 0 amide bonds. The highest BCUT2D eigenvalue weighted by Crippen LogP contribution is 2.45. The first kappa shape index (κ1) is 22.4. The van der Waals surface area contributed by atoms with E-state index in [0.717, 1.165) is 11.8 Å². The molecule has 1 aliphatic heterocycles. The molecule has 7 heteroatoms. The average molecular weight is 488 g/mol. The summed E-state index contributed by atoms with van der Waals surface area (Å²) in [6.07, 6.45) is -0.609. The third-order valence-electron chi connectivity index (χ3n) is 4.87. The molecule has 0 aromatic heterocycles. The number of rotatable bonds is 5. The number of halogens is 1. The van der Waals surface area contributed by atoms with Gasteiger partial charge >= 0.3 is 5.97 Å². The van der Waals surface area contributed by atoms with Crippen molar-refractivity contribution in [2.75, 3.05) is 5.75 Å². The summed E-state index contributed by atoms with van der Waals surface area (Å²) in [7, 11) is 0. The number of fused-ring (bicyclic) bond motifs is 1. The lowest BCUT2D eigenvalue weighted by Gasteiger charge is -2.41. The van der Waals surface area contributed by atoms with Crippen LogP contribution in [0.5, 0.6) is 5.75 Å². The summed E-state index contributed by atoms with van der Waals surface area (Å²) in [6, 6.07) is 16.2. The van der Waals surface area contributed by atoms with Gasteiger partial charge in [-0.3, -0.25) is 9.59 Å². The highest BCUT2D eigenvalue weighted by atomic mass is 79.9. The van der Waals surface area contributed by atoms with Gasteiger partial charge in [-0.15, -0.1) is 0 Å². The molecular weight excluding hydrogens is 466 g/mol. The zero-order valence-electron chi connectivity index (χ0n) is 16.9. The van der Waals surface area contributed by atoms with Gasteiger partial charge in [0.15, 0.2) is 0 Å². The lowest BCUT2D eigenvalue weighted by atomic mass is 9.90. The topological polar surface area (TPSA) is 76.4 Å². The van der Waals surface area contributed by atoms with Gasteiger partial charge in [0.25, 0.3) is 0 Å². The first-order chi connectivity index (χ1) is 14.2. The van der Waals surface area contributed by atoms with Crippen LogP contribution >= 0.6 is 27.7 Å². The third kappa shape index (κ3) is 4.88. The van der Waals surface area contributed by atoms with Crippen LogP contribution in [0.15, 0.2) is 48.5 Å². The van der Waals surface area contributed by atoms with E-state index in [0.29, 0.717) is 28.2 Å². The van der Waals surface area contributed by atoms with Crippen LogP contribution in [0.1, 0.15) is 48.4 Å². The molecule has 156 valence electrons. The van der Waals surface area contributed by atoms with Crippen molar-refractivity contribution in [3.8, 4) is 11.8 Å². The summed E-state index contributed by atoms with van der Waals surface area (Å²) in [5.74, 6) is 0.0329. The second kappa shape index (κ2) is 9.23. The lowest BCUT2D eigenvalue weighted by molar-refractivity contribution is -0.156. The van der Waals surface area contributed by atoms with E-state index in [2.05, 4.69) is 22.0 Å². The second-order valence-corrected chi connectivity index (χ2v) is 9.67. The smallest absolute Gasteiger partial charge is 0.310 e. The Bertz CT molecular complexity index is 986. The van der Waals surface area contributed by atoms with Gasteiger partial charge in [-0.2, -0.15) is 5.26 Å². The molecule has 1 aliphatic rings. The van der Waals surface area contributed by atoms with E-state index in [1.807, 2.05) is 32.0 Å². The number of alkyl halides is 1. The number of nitriles is 1. The number of hydrogen-bond acceptors (Lipinski definition) is 6. The molecule has 30 heavy (non-hydrogen) atoms. The average Bonchev–Trinajstić information content (AvgIpc) is 2.75. The molecule has 0 saturated heterocycles. The second-order valence-electron chi connectivity index (χ2n) is 7.69. The normalized spacial score (nSPS) is 20.2. The minimum atomic E-state index is -0.618. The minimum Gasteiger partial charge on any atom is -0.486 e. The van der Waals surface area contributed by atoms with E-state index in [9.17, 15) is 14.9 Å². The Hall–Kier alpha value is -2.30. The van der Waals surface area contributed by atoms with Crippen LogP contribution in [-0.2, 0) is 9.53 Å². The highest BCUT2D eigenvalue weighted by Gasteiger charge is 2.45. The van der Waals surface area contributed by atoms with Gasteiger partial charge in [0, 0.05) is 16.9 Å². The van der Waals surface area contributed by atoms with E-state index in [1.165, 1.54) is 0 Å². The fourth-order valence-electron chi connectivity index (χ4n) is 3.09. The Kier molecular flexibility index (Phi) is 6.89. The summed E-state index contributed by atoms with van der Waals surface area (Å²) in [6.45, 7) is 5.56. The molecule has 0 spiro atoms. The van der Waals surface area contributed by atoms with Crippen molar-refractivity contribution in [3.63, 3.8) is 0 Å². The van der Waals surface area contributed by atoms with Gasteiger partial charge in [-0.05, 0) is 32.0 Å². The Balaban J connectivity index is 1.72. The first-order valence-corrected chi connectivity index (χ1v) is 11.4. The molecule has 2 aromatic rings. The molecule has 0 bridgehead atoms. The number of carbonyl (C=O) groups is 2. The van der Waals surface area contributed by atoms with Crippen molar-refractivity contribution in [3.05, 3.63) is 65.2 Å². The van der Waals surface area contributed by atoms with Gasteiger partial charge in [0.1, 0.15) is 17.5 Å². The molecule has 0 radical (unpaired) electrons. The fourth-order valence-corrected chi connectivity index (χ4v) is 4.41. The molecule has 2 aromatic carbocycles. The van der Waals surface area contributed by atoms with Crippen molar-refractivity contribution >= 4 is 38.8 Å². The number of ether oxygens (including phenoxy) is 2. The Morgan fingerprint density at radius 2 is 1.97 bits per heavy atom. The van der Waals surface area contributed by atoms with Crippen molar-refractivity contribution in [2.24, 2.45) is 5.92 Å². The van der Waals surface area contributed by atoms with E-state index < -0.39 is 23.6 Å². The van der Waals surface area contributed by atoms with E-state index in [-0.39, 0.29) is 9.94 Å². The van der Waals surface area contributed by atoms with E-state index >= 15 is 0 Å². The van der Waals surface area contributed by atoms with Crippen LogP contribution in [-0.4, -0.2) is 27.3 Å². The number of esters is 1. The molecule has 1 unspecified atom stereocenters. The Morgan fingerprint density at radius 3 is 2.63 bits per heavy atom. The van der Waals surface area contributed by atoms with Gasteiger partial charge in [0.05, 0.1) is 22.4 Å². The molecule has 3 rings (SSSR count). The summed E-state index contributed by atoms with van der Waals surface area (Å²) < 4.78 is 11.9. The maximum absolute atomic E-state index is 12.8. The first-order valence-electron chi connectivity index (χ1n) is 9.52. The van der Waals surface area contributed by atoms with Crippen molar-refractivity contribution in [2.45, 2.75) is 37.3 Å². The minimum absolute atomic E-state index is 0.0789. The molecule has 0 N–H and O–H groups in total. The van der Waals surface area contributed by atoms with Crippen LogP contribution in [0.2, 0.25) is 0 Å². The lowest BCUT2D eigenvalue weighted by Crippen LogP contribution is -2.47. The van der Waals surface area contributed by atoms with E-state index in [1.54, 1.807) is 37.3 Å². The quantitative estimate of drug-likeness (QED) is 0.421. The molecule has 0 saturated carbocycles. The maximum Gasteiger partial charge on any atom is 0.310 e. The molecule has 3 atom stereocenters. The van der Waals surface area contributed by atoms with Gasteiger partial charge in [0.2, 0.25) is 5.12 Å². The monoisotopic (exact) mass is 487 g/mol. The van der Waals surface area contributed by atoms with Crippen LogP contribution in [0.25, 0.3) is 0 Å². The predicted octanol–water partition coefficient (Wildman–Crippen LogP) is 5.29. The fraction of sp³-hybridized carbons (Fsp3) is 0.348. The number of benzene rings is 2. The number of hydrogen-bond donors (Lipinski definition) is 0. The molecule has 5 nitrogen and oxygen atoms in total. The van der Waals surface area contributed by atoms with Gasteiger partial charge in [-0.25, -0.2) is 0 Å². The van der Waals surface area contributed by atoms with Crippen LogP contribution in [0.4, 0.5) is 0 Å². The molecule has 1 heterocycles. The largest absolute Gasteiger partial charge is 0.486 e. The highest BCUT2D eigenvalue weighted by molar-refractivity contribution is 9.09. The van der Waals surface area contributed by atoms with Crippen molar-refractivity contribution < 1.29 is 19.1 Å².